The van der Waals surface area contributed by atoms with Crippen LogP contribution in [0.2, 0.25) is 0 Å². The minimum Gasteiger partial charge on any atom is -0.319 e. The van der Waals surface area contributed by atoms with Crippen molar-refractivity contribution in [2.24, 2.45) is 11.7 Å². The van der Waals surface area contributed by atoms with Crippen LogP contribution in [0.1, 0.15) is 20.8 Å². The molecule has 2 atom stereocenters. The van der Waals surface area contributed by atoms with Crippen molar-refractivity contribution in [2.75, 3.05) is 0 Å². The second-order valence-electron chi connectivity index (χ2n) is 2.53. The molecule has 0 amide bonds. The Balaban J connectivity index is 3.95. The van der Waals surface area contributed by atoms with Crippen LogP contribution in [0.15, 0.2) is 12.7 Å². The van der Waals surface area contributed by atoms with Gasteiger partial charge in [-0.2, -0.15) is 0 Å². The van der Waals surface area contributed by atoms with Gasteiger partial charge in [0.1, 0.15) is 0 Å². The van der Waals surface area contributed by atoms with Crippen LogP contribution in [0, 0.1) is 5.92 Å². The number of hydrogen-bond donors (Lipinski definition) is 1. The molecule has 0 aromatic rings. The van der Waals surface area contributed by atoms with E-state index < -0.39 is 0 Å². The minimum atomic E-state index is 0.0790. The van der Waals surface area contributed by atoms with E-state index in [-0.39, 0.29) is 20.7 Å². The third kappa shape index (κ3) is 4.17. The molecule has 0 aliphatic rings. The molecule has 0 saturated heterocycles. The molecule has 0 aliphatic carbocycles. The van der Waals surface area contributed by atoms with Crippen molar-refractivity contribution in [3.63, 3.8) is 0 Å². The van der Waals surface area contributed by atoms with Crippen LogP contribution in [0.5, 0.6) is 0 Å². The van der Waals surface area contributed by atoms with Gasteiger partial charge in [-0.05, 0) is 23.3 Å². The highest BCUT2D eigenvalue weighted by atomic mass is 127. The molecule has 0 heterocycles. The zero-order valence-electron chi connectivity index (χ0n) is 6.89. The third-order valence-electron chi connectivity index (χ3n) is 1.22. The van der Waals surface area contributed by atoms with Crippen LogP contribution < -0.4 is 5.73 Å². The van der Waals surface area contributed by atoms with E-state index in [9.17, 15) is 0 Å². The number of nitrogens with two attached hydrogens (primary N) is 1. The summed E-state index contributed by atoms with van der Waals surface area (Å²) in [6, 6.07) is 0. The molecule has 60 valence electrons. The van der Waals surface area contributed by atoms with E-state index >= 15 is 0 Å². The summed E-state index contributed by atoms with van der Waals surface area (Å²) in [5.74, 6) is 0.475. The average molecular weight is 253 g/mol. The Kier molecular flexibility index (Phi) is 5.17. The summed E-state index contributed by atoms with van der Waals surface area (Å²) in [6.07, 6.45) is 1.94. The van der Waals surface area contributed by atoms with E-state index in [4.69, 9.17) is 5.73 Å². The summed E-state index contributed by atoms with van der Waals surface area (Å²) >= 11 is 0.0790. The van der Waals surface area contributed by atoms with E-state index in [1.54, 1.807) is 0 Å². The van der Waals surface area contributed by atoms with Crippen LogP contribution in [-0.2, 0) is 0 Å². The summed E-state index contributed by atoms with van der Waals surface area (Å²) in [6.45, 7) is 10.2. The molecule has 0 bridgehead atoms. The Labute approximate surface area is 73.4 Å². The average Bonchev–Trinajstić information content (AvgIpc) is 1.85. The first-order valence-corrected chi connectivity index (χ1v) is 5.72. The second kappa shape index (κ2) is 5.02. The second-order valence-corrected chi connectivity index (χ2v) is 6.74. The number of rotatable bonds is 3. The molecule has 0 saturated carbocycles. The lowest BCUT2D eigenvalue weighted by Gasteiger charge is -2.10. The number of hydrogen-bond acceptors (Lipinski definition) is 1. The minimum absolute atomic E-state index is 0.0790. The SMILES string of the molecule is C=CC(C)[C@H](N)I=C(C)C. The maximum absolute atomic E-state index is 5.89. The largest absolute Gasteiger partial charge is 0.319 e. The van der Waals surface area contributed by atoms with Crippen LogP contribution >= 0.6 is 20.7 Å². The Bertz CT molecular complexity index is 136. The van der Waals surface area contributed by atoms with E-state index in [2.05, 4.69) is 27.4 Å². The van der Waals surface area contributed by atoms with Gasteiger partial charge in [-0.15, -0.1) is 27.3 Å². The Morgan fingerprint density at radius 1 is 1.60 bits per heavy atom. The van der Waals surface area contributed by atoms with Gasteiger partial charge in [-0.3, -0.25) is 0 Å². The van der Waals surface area contributed by atoms with Crippen LogP contribution in [0.3, 0.4) is 0 Å². The molecule has 0 rings (SSSR count). The van der Waals surface area contributed by atoms with Gasteiger partial charge in [-0.1, -0.05) is 13.0 Å². The van der Waals surface area contributed by atoms with Gasteiger partial charge in [0, 0.05) is 0 Å². The highest BCUT2D eigenvalue weighted by Gasteiger charge is 2.04. The highest BCUT2D eigenvalue weighted by Crippen LogP contribution is 2.15. The molecule has 0 aromatic carbocycles. The van der Waals surface area contributed by atoms with Crippen molar-refractivity contribution in [1.82, 2.24) is 0 Å². The molecule has 2 N–H and O–H groups in total. The predicted molar refractivity (Wildman–Crippen MR) is 57.7 cm³/mol. The summed E-state index contributed by atoms with van der Waals surface area (Å²) in [5.41, 5.74) is 5.89. The first-order valence-electron chi connectivity index (χ1n) is 3.39. The van der Waals surface area contributed by atoms with Crippen molar-refractivity contribution in [3.8, 4) is 0 Å². The monoisotopic (exact) mass is 253 g/mol. The zero-order chi connectivity index (χ0) is 8.15. The Morgan fingerprint density at radius 3 is 2.40 bits per heavy atom. The van der Waals surface area contributed by atoms with Gasteiger partial charge >= 0.3 is 0 Å². The number of halogens is 1. The first kappa shape index (κ1) is 10.3. The van der Waals surface area contributed by atoms with Crippen molar-refractivity contribution >= 4 is 24.2 Å². The topological polar surface area (TPSA) is 26.0 Å². The highest BCUT2D eigenvalue weighted by molar-refractivity contribution is 14.2. The smallest absolute Gasteiger partial charge is 0.0580 e. The van der Waals surface area contributed by atoms with Crippen LogP contribution in [0.25, 0.3) is 0 Å². The summed E-state index contributed by atoms with van der Waals surface area (Å²) < 4.78 is 1.86. The van der Waals surface area contributed by atoms with Gasteiger partial charge in [0.05, 0.1) is 4.05 Å². The summed E-state index contributed by atoms with van der Waals surface area (Å²) in [5, 5.41) is 0. The van der Waals surface area contributed by atoms with E-state index in [1.807, 2.05) is 6.08 Å². The molecule has 0 aromatic heterocycles. The maximum atomic E-state index is 5.89. The Morgan fingerprint density at radius 2 is 2.10 bits per heavy atom. The van der Waals surface area contributed by atoms with Crippen molar-refractivity contribution in [3.05, 3.63) is 12.7 Å². The summed E-state index contributed by atoms with van der Waals surface area (Å²) in [4.78, 5) is 0. The fourth-order valence-corrected chi connectivity index (χ4v) is 2.78. The van der Waals surface area contributed by atoms with Crippen molar-refractivity contribution < 1.29 is 0 Å². The molecular weight excluding hydrogens is 237 g/mol. The lowest BCUT2D eigenvalue weighted by atomic mass is 10.2. The molecule has 10 heavy (non-hydrogen) atoms. The van der Waals surface area contributed by atoms with Gasteiger partial charge < -0.3 is 5.73 Å². The van der Waals surface area contributed by atoms with Crippen molar-refractivity contribution in [1.29, 1.82) is 0 Å². The summed E-state index contributed by atoms with van der Waals surface area (Å²) in [7, 11) is 0. The molecule has 2 heteroatoms. The molecule has 1 nitrogen and oxygen atoms in total. The number of alkyl halides is 1. The van der Waals surface area contributed by atoms with E-state index in [0.717, 1.165) is 0 Å². The van der Waals surface area contributed by atoms with Crippen LogP contribution in [0.4, 0.5) is 0 Å². The molecular formula is C8H16IN. The zero-order valence-corrected chi connectivity index (χ0v) is 9.05. The van der Waals surface area contributed by atoms with Gasteiger partial charge in [0.15, 0.2) is 0 Å². The lowest BCUT2D eigenvalue weighted by Crippen LogP contribution is -2.20. The van der Waals surface area contributed by atoms with Gasteiger partial charge in [0.2, 0.25) is 0 Å². The quantitative estimate of drug-likeness (QED) is 0.355. The molecule has 1 unspecified atom stereocenters. The predicted octanol–water partition coefficient (Wildman–Crippen LogP) is 2.28. The van der Waals surface area contributed by atoms with Gasteiger partial charge in [0.25, 0.3) is 0 Å². The van der Waals surface area contributed by atoms with Gasteiger partial charge in [-0.25, -0.2) is 0 Å². The third-order valence-corrected chi connectivity index (χ3v) is 4.32. The fourth-order valence-electron chi connectivity index (χ4n) is 0.481. The molecule has 0 radical (unpaired) electrons. The fraction of sp³-hybridized carbons (Fsp3) is 0.625. The lowest BCUT2D eigenvalue weighted by molar-refractivity contribution is 0.718. The molecule has 0 spiro atoms. The maximum Gasteiger partial charge on any atom is 0.0580 e. The van der Waals surface area contributed by atoms with Crippen molar-refractivity contribution in [2.45, 2.75) is 24.8 Å². The Hall–Kier alpha value is 0.300. The first-order chi connectivity index (χ1) is 4.57. The van der Waals surface area contributed by atoms with E-state index in [1.165, 1.54) is 3.51 Å². The normalized spacial score (nSPS) is 16.0. The van der Waals surface area contributed by atoms with Crippen LogP contribution in [-0.4, -0.2) is 7.56 Å². The molecule has 0 aliphatic heterocycles. The van der Waals surface area contributed by atoms with E-state index in [0.29, 0.717) is 9.97 Å². The molecule has 0 fully saturated rings. The standard InChI is InChI=1S/C8H16IN/c1-5-7(4)8(10)9-6(2)3/h5,7-8H,1,10H2,2-4H3/t7?,8-/m0/s1.